The summed E-state index contributed by atoms with van der Waals surface area (Å²) in [6, 6.07) is 15.4. The van der Waals surface area contributed by atoms with Crippen LogP contribution in [0.4, 0.5) is 10.5 Å². The summed E-state index contributed by atoms with van der Waals surface area (Å²) in [6.07, 6.45) is 9.15. The van der Waals surface area contributed by atoms with Crippen molar-refractivity contribution in [2.75, 3.05) is 31.1 Å². The van der Waals surface area contributed by atoms with Crippen molar-refractivity contribution in [3.63, 3.8) is 0 Å². The molecule has 0 radical (unpaired) electrons. The molecular weight excluding hydrogens is 680 g/mol. The lowest BCUT2D eigenvalue weighted by Gasteiger charge is -2.45. The predicted octanol–water partition coefficient (Wildman–Crippen LogP) is 6.32. The largest absolute Gasteiger partial charge is 0.447 e. The fraction of sp³-hybridized carbons (Fsp3) is 0.389. The van der Waals surface area contributed by atoms with E-state index in [1.54, 1.807) is 11.1 Å². The van der Waals surface area contributed by atoms with Crippen molar-refractivity contribution < 1.29 is 14.3 Å². The monoisotopic (exact) mass is 716 g/mol. The number of aryl methyl sites for hydroxylation is 2. The number of imidazole rings is 1. The average molecular weight is 718 g/mol. The normalized spacial score (nSPS) is 21.1. The zero-order valence-electron chi connectivity index (χ0n) is 26.6. The van der Waals surface area contributed by atoms with Gasteiger partial charge in [-0.15, -0.1) is 0 Å². The fourth-order valence-electron chi connectivity index (χ4n) is 7.40. The summed E-state index contributed by atoms with van der Waals surface area (Å²) >= 11 is 10.1. The Bertz CT molecular complexity index is 1730. The van der Waals surface area contributed by atoms with Gasteiger partial charge < -0.3 is 14.2 Å². The number of para-hydroxylation sites is 1. The molecule has 4 heterocycles. The number of hydrogen-bond acceptors (Lipinski definition) is 6. The lowest BCUT2D eigenvalue weighted by molar-refractivity contribution is -0.126. The van der Waals surface area contributed by atoms with E-state index in [1.807, 2.05) is 61.7 Å². The Labute approximate surface area is 288 Å². The van der Waals surface area contributed by atoms with Crippen LogP contribution in [0.2, 0.25) is 5.02 Å². The van der Waals surface area contributed by atoms with E-state index < -0.39 is 12.1 Å². The zero-order valence-corrected chi connectivity index (χ0v) is 28.9. The quantitative estimate of drug-likeness (QED) is 0.241. The molecule has 2 aromatic heterocycles. The molecule has 7 rings (SSSR count). The van der Waals surface area contributed by atoms with E-state index in [9.17, 15) is 9.59 Å². The third kappa shape index (κ3) is 6.55. The molecule has 3 aliphatic rings. The number of piperazine rings is 1. The molecule has 0 spiro atoms. The van der Waals surface area contributed by atoms with Gasteiger partial charge in [-0.25, -0.2) is 9.78 Å². The molecule has 0 N–H and O–H groups in total. The minimum absolute atomic E-state index is 0.105. The van der Waals surface area contributed by atoms with Crippen LogP contribution in [-0.4, -0.2) is 74.7 Å². The maximum absolute atomic E-state index is 14.9. The number of fused-ring (bicyclic) bond motifs is 3. The molecule has 2 aliphatic heterocycles. The molecule has 9 nitrogen and oxygen atoms in total. The van der Waals surface area contributed by atoms with Crippen molar-refractivity contribution in [3.05, 3.63) is 111 Å². The van der Waals surface area contributed by atoms with Crippen molar-refractivity contribution in [1.29, 1.82) is 0 Å². The first-order chi connectivity index (χ1) is 22.7. The van der Waals surface area contributed by atoms with E-state index in [2.05, 4.69) is 54.6 Å². The maximum Gasteiger partial charge on any atom is 0.410 e. The van der Waals surface area contributed by atoms with E-state index in [4.69, 9.17) is 21.3 Å². The first-order valence-electron chi connectivity index (χ1n) is 16.2. The minimum Gasteiger partial charge on any atom is -0.447 e. The molecule has 1 fully saturated rings. The second-order valence-electron chi connectivity index (χ2n) is 13.0. The average Bonchev–Trinajstić information content (AvgIpc) is 3.51. The molecule has 2 aromatic carbocycles. The topological polar surface area (TPSA) is 83.8 Å². The molecule has 2 amide bonds. The standard InChI is InChI=1S/C36H38BrClN6O3/c1-23(2)47-36(46)43-14-13-42(34-30-10-9-29(38)17-25(30)7-8-27-16-28(37)18-40-33(27)34)21-32(43)35(45)44-20-24(19-41-12-11-39-22-41)15-26-5-3-4-6-31(26)44/h3-6,9-12,16-18,22-24,32,34H,7-8,13-15,19-21H2,1-2H3/t24?,32-,34?/m1/s1. The number of aromatic nitrogens is 3. The van der Waals surface area contributed by atoms with Crippen LogP contribution >= 0.6 is 27.5 Å². The number of rotatable bonds is 5. The Morgan fingerprint density at radius 2 is 1.87 bits per heavy atom. The molecule has 2 unspecified atom stereocenters. The SMILES string of the molecule is CC(C)OC(=O)N1CCN(C2c3ccc(Cl)cc3CCc3cc(Br)cnc32)C[C@@H]1C(=O)N1CC(Cn2ccnc2)Cc2ccccc21. The number of benzene rings is 2. The van der Waals surface area contributed by atoms with Crippen molar-refractivity contribution >= 4 is 45.2 Å². The van der Waals surface area contributed by atoms with E-state index in [1.165, 1.54) is 5.56 Å². The molecule has 47 heavy (non-hydrogen) atoms. The van der Waals surface area contributed by atoms with Crippen LogP contribution in [0.1, 0.15) is 47.8 Å². The van der Waals surface area contributed by atoms with Crippen LogP contribution in [0.5, 0.6) is 0 Å². The van der Waals surface area contributed by atoms with Gasteiger partial charge in [-0.05, 0) is 101 Å². The Morgan fingerprint density at radius 3 is 2.68 bits per heavy atom. The molecule has 0 saturated carbocycles. The van der Waals surface area contributed by atoms with Gasteiger partial charge in [-0.2, -0.15) is 0 Å². The van der Waals surface area contributed by atoms with Crippen LogP contribution < -0.4 is 4.90 Å². The van der Waals surface area contributed by atoms with E-state index in [-0.39, 0.29) is 24.0 Å². The number of carbonyl (C=O) groups is 2. The van der Waals surface area contributed by atoms with Crippen LogP contribution in [0.15, 0.2) is 77.9 Å². The highest BCUT2D eigenvalue weighted by atomic mass is 79.9. The predicted molar refractivity (Wildman–Crippen MR) is 185 cm³/mol. The number of carbonyl (C=O) groups excluding carboxylic acids is 2. The van der Waals surface area contributed by atoms with Crippen LogP contribution in [0.3, 0.4) is 0 Å². The van der Waals surface area contributed by atoms with Gasteiger partial charge in [-0.3, -0.25) is 19.6 Å². The summed E-state index contributed by atoms with van der Waals surface area (Å²) in [5.41, 5.74) is 6.47. The molecule has 0 bridgehead atoms. The third-order valence-electron chi connectivity index (χ3n) is 9.45. The van der Waals surface area contributed by atoms with Crippen LogP contribution in [0, 0.1) is 5.92 Å². The highest BCUT2D eigenvalue weighted by Gasteiger charge is 2.44. The smallest absolute Gasteiger partial charge is 0.410 e. The molecule has 4 aromatic rings. The Morgan fingerprint density at radius 1 is 1.04 bits per heavy atom. The maximum atomic E-state index is 14.9. The highest BCUT2D eigenvalue weighted by molar-refractivity contribution is 9.10. The number of ether oxygens (including phenoxy) is 1. The van der Waals surface area contributed by atoms with Crippen molar-refractivity contribution in [2.45, 2.75) is 57.8 Å². The lowest BCUT2D eigenvalue weighted by Crippen LogP contribution is -2.62. The summed E-state index contributed by atoms with van der Waals surface area (Å²) in [5.74, 6) is 0.0824. The van der Waals surface area contributed by atoms with Gasteiger partial charge in [0, 0.05) is 66.5 Å². The third-order valence-corrected chi connectivity index (χ3v) is 10.1. The first-order valence-corrected chi connectivity index (χ1v) is 17.4. The number of nitrogens with zero attached hydrogens (tertiary/aromatic N) is 6. The Hall–Kier alpha value is -3.73. The number of amides is 2. The van der Waals surface area contributed by atoms with Crippen LogP contribution in [-0.2, 0) is 35.3 Å². The molecule has 1 aliphatic carbocycles. The van der Waals surface area contributed by atoms with Gasteiger partial charge in [0.15, 0.2) is 0 Å². The number of hydrogen-bond donors (Lipinski definition) is 0. The summed E-state index contributed by atoms with van der Waals surface area (Å²) in [4.78, 5) is 43.6. The highest BCUT2D eigenvalue weighted by Crippen LogP contribution is 2.39. The first kappa shape index (κ1) is 31.8. The second-order valence-corrected chi connectivity index (χ2v) is 14.3. The van der Waals surface area contributed by atoms with Gasteiger partial charge in [0.05, 0.1) is 24.2 Å². The van der Waals surface area contributed by atoms with E-state index in [0.717, 1.165) is 58.4 Å². The zero-order chi connectivity index (χ0) is 32.7. The van der Waals surface area contributed by atoms with Gasteiger partial charge in [0.2, 0.25) is 0 Å². The van der Waals surface area contributed by atoms with Gasteiger partial charge in [0.1, 0.15) is 6.04 Å². The molecule has 1 saturated heterocycles. The molecule has 11 heteroatoms. The van der Waals surface area contributed by atoms with Gasteiger partial charge >= 0.3 is 6.09 Å². The Kier molecular flexibility index (Phi) is 9.09. The molecule has 244 valence electrons. The van der Waals surface area contributed by atoms with Gasteiger partial charge in [0.25, 0.3) is 5.91 Å². The molecule has 3 atom stereocenters. The second kappa shape index (κ2) is 13.4. The number of halogens is 2. The summed E-state index contributed by atoms with van der Waals surface area (Å²) < 4.78 is 8.71. The van der Waals surface area contributed by atoms with Crippen molar-refractivity contribution in [1.82, 2.24) is 24.3 Å². The molecular formula is C36H38BrClN6O3. The summed E-state index contributed by atoms with van der Waals surface area (Å²) in [6.45, 7) is 6.19. The minimum atomic E-state index is -0.757. The summed E-state index contributed by atoms with van der Waals surface area (Å²) in [7, 11) is 0. The fourth-order valence-corrected chi connectivity index (χ4v) is 7.98. The van der Waals surface area contributed by atoms with E-state index in [0.29, 0.717) is 31.2 Å². The van der Waals surface area contributed by atoms with E-state index >= 15 is 0 Å². The lowest BCUT2D eigenvalue weighted by atomic mass is 9.91. The van der Waals surface area contributed by atoms with Crippen molar-refractivity contribution in [2.24, 2.45) is 5.92 Å². The Balaban J connectivity index is 1.26. The van der Waals surface area contributed by atoms with Gasteiger partial charge in [-0.1, -0.05) is 35.9 Å². The van der Waals surface area contributed by atoms with Crippen LogP contribution in [0.25, 0.3) is 0 Å². The van der Waals surface area contributed by atoms with Crippen molar-refractivity contribution in [3.8, 4) is 0 Å². The summed E-state index contributed by atoms with van der Waals surface area (Å²) in [5, 5.41) is 0.700. The number of pyridine rings is 1. The number of anilines is 1.